The molecule has 1 aliphatic heterocycles. The quantitative estimate of drug-likeness (QED) is 0.756. The molecule has 26 heavy (non-hydrogen) atoms. The van der Waals surface area contributed by atoms with Crippen LogP contribution in [-0.4, -0.2) is 69.8 Å². The average Bonchev–Trinajstić information content (AvgIpc) is 3.15. The molecule has 0 saturated carbocycles. The molecule has 1 N–H and O–H groups in total. The fourth-order valence-corrected chi connectivity index (χ4v) is 4.66. The van der Waals surface area contributed by atoms with Crippen LogP contribution in [0.2, 0.25) is 0 Å². The van der Waals surface area contributed by atoms with Gasteiger partial charge in [0.05, 0.1) is 18.0 Å². The Morgan fingerprint density at radius 3 is 2.62 bits per heavy atom. The number of benzene rings is 1. The van der Waals surface area contributed by atoms with Crippen LogP contribution in [0.25, 0.3) is 4.96 Å². The molecule has 1 fully saturated rings. The molecule has 3 heterocycles. The van der Waals surface area contributed by atoms with E-state index in [2.05, 4.69) is 33.0 Å². The highest BCUT2D eigenvalue weighted by Crippen LogP contribution is 2.42. The van der Waals surface area contributed by atoms with Gasteiger partial charge in [0.1, 0.15) is 11.6 Å². The first-order valence-electron chi connectivity index (χ1n) is 8.69. The van der Waals surface area contributed by atoms with Gasteiger partial charge in [-0.15, -0.1) is 5.10 Å². The molecule has 0 unspecified atom stereocenters. The smallest absolute Gasteiger partial charge is 0.230 e. The summed E-state index contributed by atoms with van der Waals surface area (Å²) in [5, 5.41) is 15.2. The molecule has 0 radical (unpaired) electrons. The lowest BCUT2D eigenvalue weighted by atomic mass is 10.0. The zero-order valence-corrected chi connectivity index (χ0v) is 16.0. The molecule has 2 aromatic heterocycles. The highest BCUT2D eigenvalue weighted by Gasteiger charge is 2.32. The highest BCUT2D eigenvalue weighted by atomic mass is 32.1. The number of aromatic hydroxyl groups is 1. The van der Waals surface area contributed by atoms with Gasteiger partial charge in [-0.05, 0) is 20.0 Å². The summed E-state index contributed by atoms with van der Waals surface area (Å²) in [6.45, 7) is 5.66. The third-order valence-corrected chi connectivity index (χ3v) is 5.96. The van der Waals surface area contributed by atoms with Gasteiger partial charge in [0.25, 0.3) is 0 Å². The van der Waals surface area contributed by atoms with Gasteiger partial charge in [0.2, 0.25) is 10.8 Å². The van der Waals surface area contributed by atoms with E-state index in [1.807, 2.05) is 25.1 Å². The largest absolute Gasteiger partial charge is 0.496 e. The molecule has 4 rings (SSSR count). The van der Waals surface area contributed by atoms with Crippen molar-refractivity contribution in [3.8, 4) is 11.6 Å². The second-order valence-electron chi connectivity index (χ2n) is 6.63. The van der Waals surface area contributed by atoms with Crippen molar-refractivity contribution in [3.05, 3.63) is 40.5 Å². The van der Waals surface area contributed by atoms with Gasteiger partial charge in [-0.2, -0.15) is 4.52 Å². The fraction of sp³-hybridized carbons (Fsp3) is 0.444. The van der Waals surface area contributed by atoms with E-state index in [4.69, 9.17) is 4.74 Å². The first-order valence-corrected chi connectivity index (χ1v) is 9.50. The average molecular weight is 373 g/mol. The van der Waals surface area contributed by atoms with E-state index in [0.717, 1.165) is 42.4 Å². The summed E-state index contributed by atoms with van der Waals surface area (Å²) in [7, 11) is 3.82. The number of hydrogen-bond acceptors (Lipinski definition) is 7. The molecule has 8 heteroatoms. The summed E-state index contributed by atoms with van der Waals surface area (Å²) in [6, 6.07) is 7.93. The van der Waals surface area contributed by atoms with Gasteiger partial charge < -0.3 is 14.7 Å². The number of rotatable bonds is 4. The maximum absolute atomic E-state index is 10.9. The number of ether oxygens (including phenoxy) is 1. The molecule has 0 spiro atoms. The SMILES string of the molecule is COc1ccccc1[C@H](c1sc2nc(C)nn2c1O)N1CCN(C)CC1. The number of likely N-dealkylation sites (N-methyl/N-ethyl adjacent to an activating group) is 1. The van der Waals surface area contributed by atoms with Crippen molar-refractivity contribution in [2.45, 2.75) is 13.0 Å². The van der Waals surface area contributed by atoms with Gasteiger partial charge >= 0.3 is 0 Å². The summed E-state index contributed by atoms with van der Waals surface area (Å²) in [5.74, 6) is 1.65. The normalized spacial score (nSPS) is 17.7. The number of piperazine rings is 1. The summed E-state index contributed by atoms with van der Waals surface area (Å²) < 4.78 is 7.16. The van der Waals surface area contributed by atoms with Crippen LogP contribution in [0, 0.1) is 6.92 Å². The van der Waals surface area contributed by atoms with E-state index < -0.39 is 0 Å². The molecule has 7 nitrogen and oxygen atoms in total. The zero-order valence-electron chi connectivity index (χ0n) is 15.2. The third-order valence-electron chi connectivity index (χ3n) is 4.89. The van der Waals surface area contributed by atoms with Crippen molar-refractivity contribution in [1.29, 1.82) is 0 Å². The lowest BCUT2D eigenvalue weighted by Gasteiger charge is -2.38. The number of aromatic nitrogens is 3. The predicted octanol–water partition coefficient (Wildman–Crippen LogP) is 2.15. The van der Waals surface area contributed by atoms with Crippen molar-refractivity contribution < 1.29 is 9.84 Å². The van der Waals surface area contributed by atoms with Gasteiger partial charge in [-0.25, -0.2) is 4.98 Å². The first kappa shape index (κ1) is 17.3. The van der Waals surface area contributed by atoms with Crippen LogP contribution < -0.4 is 4.74 Å². The first-order chi connectivity index (χ1) is 12.6. The molecule has 138 valence electrons. The Morgan fingerprint density at radius 1 is 1.19 bits per heavy atom. The van der Waals surface area contributed by atoms with Crippen molar-refractivity contribution >= 4 is 16.3 Å². The second-order valence-corrected chi connectivity index (χ2v) is 7.64. The van der Waals surface area contributed by atoms with Gasteiger partial charge in [-0.3, -0.25) is 4.90 Å². The van der Waals surface area contributed by atoms with Crippen molar-refractivity contribution in [1.82, 2.24) is 24.4 Å². The Balaban J connectivity index is 1.84. The molecule has 0 bridgehead atoms. The van der Waals surface area contributed by atoms with Crippen molar-refractivity contribution in [2.24, 2.45) is 0 Å². The van der Waals surface area contributed by atoms with Crippen molar-refractivity contribution in [2.75, 3.05) is 40.3 Å². The maximum atomic E-state index is 10.9. The number of para-hydroxylation sites is 1. The summed E-state index contributed by atoms with van der Waals surface area (Å²) in [5.41, 5.74) is 1.05. The van der Waals surface area contributed by atoms with Gasteiger partial charge in [-0.1, -0.05) is 29.5 Å². The van der Waals surface area contributed by atoms with E-state index >= 15 is 0 Å². The Labute approximate surface area is 156 Å². The Morgan fingerprint density at radius 2 is 1.92 bits per heavy atom. The molecule has 1 saturated heterocycles. The minimum atomic E-state index is -0.0892. The number of fused-ring (bicyclic) bond motifs is 1. The lowest BCUT2D eigenvalue weighted by molar-refractivity contribution is 0.126. The fourth-order valence-electron chi connectivity index (χ4n) is 3.50. The van der Waals surface area contributed by atoms with Crippen molar-refractivity contribution in [3.63, 3.8) is 0 Å². The minimum absolute atomic E-state index is 0.0892. The molecule has 1 aliphatic rings. The second kappa shape index (κ2) is 6.86. The van der Waals surface area contributed by atoms with Crippen LogP contribution in [0.4, 0.5) is 0 Å². The van der Waals surface area contributed by atoms with Gasteiger partial charge in [0.15, 0.2) is 0 Å². The monoisotopic (exact) mass is 373 g/mol. The van der Waals surface area contributed by atoms with Crippen LogP contribution in [0.15, 0.2) is 24.3 Å². The highest BCUT2D eigenvalue weighted by molar-refractivity contribution is 7.17. The summed E-state index contributed by atoms with van der Waals surface area (Å²) in [4.78, 5) is 10.7. The molecule has 1 atom stereocenters. The Hall–Kier alpha value is -2.16. The van der Waals surface area contributed by atoms with Crippen LogP contribution in [-0.2, 0) is 0 Å². The number of thiazole rings is 1. The Kier molecular flexibility index (Phi) is 4.56. The number of methoxy groups -OCH3 is 1. The van der Waals surface area contributed by atoms with E-state index in [9.17, 15) is 5.11 Å². The van der Waals surface area contributed by atoms with E-state index in [1.54, 1.807) is 7.11 Å². The van der Waals surface area contributed by atoms with E-state index in [-0.39, 0.29) is 11.9 Å². The van der Waals surface area contributed by atoms with Crippen LogP contribution >= 0.6 is 11.3 Å². The van der Waals surface area contributed by atoms with Crippen LogP contribution in [0.3, 0.4) is 0 Å². The number of nitrogens with zero attached hydrogens (tertiary/aromatic N) is 5. The zero-order chi connectivity index (χ0) is 18.3. The summed E-state index contributed by atoms with van der Waals surface area (Å²) >= 11 is 1.49. The molecular formula is C18H23N5O2S. The molecule has 3 aromatic rings. The lowest BCUT2D eigenvalue weighted by Crippen LogP contribution is -2.46. The third kappa shape index (κ3) is 2.94. The van der Waals surface area contributed by atoms with Gasteiger partial charge in [0, 0.05) is 31.7 Å². The van der Waals surface area contributed by atoms with Crippen LogP contribution in [0.5, 0.6) is 11.6 Å². The Bertz CT molecular complexity index is 914. The maximum Gasteiger partial charge on any atom is 0.230 e. The van der Waals surface area contributed by atoms with E-state index in [0.29, 0.717) is 10.8 Å². The standard InChI is InChI=1S/C18H23N5O2S/c1-12-19-18-23(20-12)17(24)16(26-18)15(22-10-8-21(2)9-11-22)13-6-4-5-7-14(13)25-3/h4-7,15,24H,8-11H2,1-3H3/t15-/m1/s1. The molecule has 0 aliphatic carbocycles. The minimum Gasteiger partial charge on any atom is -0.496 e. The molecule has 0 amide bonds. The number of hydrogen-bond donors (Lipinski definition) is 1. The molecule has 1 aromatic carbocycles. The summed E-state index contributed by atoms with van der Waals surface area (Å²) in [6.07, 6.45) is 0. The molecular weight excluding hydrogens is 350 g/mol. The predicted molar refractivity (Wildman–Crippen MR) is 101 cm³/mol. The van der Waals surface area contributed by atoms with E-state index in [1.165, 1.54) is 15.9 Å². The number of aryl methyl sites for hydroxylation is 1. The van der Waals surface area contributed by atoms with Crippen LogP contribution in [0.1, 0.15) is 22.3 Å². The topological polar surface area (TPSA) is 66.1 Å².